The Labute approximate surface area is 158 Å². The zero-order chi connectivity index (χ0) is 20.4. The first-order valence-corrected chi connectivity index (χ1v) is 8.66. The van der Waals surface area contributed by atoms with E-state index in [0.29, 0.717) is 12.2 Å². The second kappa shape index (κ2) is 10.3. The molecule has 1 aromatic carbocycles. The molecule has 0 bridgehead atoms. The summed E-state index contributed by atoms with van der Waals surface area (Å²) < 4.78 is 10.2. The number of benzene rings is 1. The summed E-state index contributed by atoms with van der Waals surface area (Å²) in [5.74, 6) is -1.60. The molecule has 0 aromatic heterocycles. The molecule has 0 fully saturated rings. The number of nitrogens with one attached hydrogen (secondary N) is 2. The van der Waals surface area contributed by atoms with Crippen molar-refractivity contribution < 1.29 is 28.7 Å². The van der Waals surface area contributed by atoms with Crippen LogP contribution in [0.5, 0.6) is 5.75 Å². The number of hydrogen-bond acceptors (Lipinski definition) is 6. The van der Waals surface area contributed by atoms with Crippen LogP contribution >= 0.6 is 0 Å². The van der Waals surface area contributed by atoms with Crippen LogP contribution in [0.4, 0.5) is 4.79 Å². The Morgan fingerprint density at radius 2 is 1.67 bits per heavy atom. The molecule has 0 saturated carbocycles. The smallest absolute Gasteiger partial charge is 0.413 e. The Bertz CT molecular complexity index is 667. The van der Waals surface area contributed by atoms with Crippen LogP contribution in [-0.2, 0) is 19.1 Å². The fourth-order valence-electron chi connectivity index (χ4n) is 1.90. The molecular weight excluding hydrogens is 352 g/mol. The molecule has 1 unspecified atom stereocenters. The molecule has 0 aliphatic heterocycles. The summed E-state index contributed by atoms with van der Waals surface area (Å²) in [6.07, 6.45) is -0.957. The Kier molecular flexibility index (Phi) is 8.44. The molecule has 0 saturated heterocycles. The predicted molar refractivity (Wildman–Crippen MR) is 98.1 cm³/mol. The van der Waals surface area contributed by atoms with E-state index in [0.717, 1.165) is 0 Å². The molecule has 27 heavy (non-hydrogen) atoms. The summed E-state index contributed by atoms with van der Waals surface area (Å²) in [5.41, 5.74) is -0.786. The maximum Gasteiger partial charge on any atom is 0.413 e. The number of esters is 1. The lowest BCUT2D eigenvalue weighted by Gasteiger charge is -2.19. The Morgan fingerprint density at radius 1 is 1.04 bits per heavy atom. The highest BCUT2D eigenvalue weighted by molar-refractivity contribution is 6.37. The Balaban J connectivity index is 2.37. The van der Waals surface area contributed by atoms with E-state index < -0.39 is 35.3 Å². The summed E-state index contributed by atoms with van der Waals surface area (Å²) in [6, 6.07) is 8.41. The summed E-state index contributed by atoms with van der Waals surface area (Å²) in [4.78, 5) is 47.1. The number of carbonyl (C=O) groups excluding carboxylic acids is 4. The van der Waals surface area contributed by atoms with Crippen LogP contribution in [-0.4, -0.2) is 42.9 Å². The zero-order valence-corrected chi connectivity index (χ0v) is 16.0. The van der Waals surface area contributed by atoms with Gasteiger partial charge in [0.1, 0.15) is 18.4 Å². The molecule has 8 nitrogen and oxygen atoms in total. The van der Waals surface area contributed by atoms with Crippen LogP contribution in [0.25, 0.3) is 0 Å². The lowest BCUT2D eigenvalue weighted by atomic mass is 9.90. The van der Waals surface area contributed by atoms with E-state index in [9.17, 15) is 19.2 Å². The van der Waals surface area contributed by atoms with Gasteiger partial charge in [-0.15, -0.1) is 0 Å². The van der Waals surface area contributed by atoms with Crippen LogP contribution in [0, 0.1) is 5.41 Å². The van der Waals surface area contributed by atoms with Gasteiger partial charge in [-0.05, 0) is 18.6 Å². The van der Waals surface area contributed by atoms with Crippen LogP contribution in [0.1, 0.15) is 34.1 Å². The van der Waals surface area contributed by atoms with Gasteiger partial charge in [0.05, 0.1) is 6.54 Å². The summed E-state index contributed by atoms with van der Waals surface area (Å²) in [6.45, 7) is 6.34. The highest BCUT2D eigenvalue weighted by atomic mass is 16.6. The molecule has 0 radical (unpaired) electrons. The number of hydrogen-bond donors (Lipinski definition) is 2. The Morgan fingerprint density at radius 3 is 2.22 bits per heavy atom. The normalized spacial score (nSPS) is 11.9. The van der Waals surface area contributed by atoms with E-state index in [1.54, 1.807) is 58.0 Å². The van der Waals surface area contributed by atoms with Crippen LogP contribution in [0.3, 0.4) is 0 Å². The van der Waals surface area contributed by atoms with Crippen molar-refractivity contribution in [3.63, 3.8) is 0 Å². The third kappa shape index (κ3) is 8.35. The highest BCUT2D eigenvalue weighted by Gasteiger charge is 2.28. The Hall–Kier alpha value is -2.90. The molecule has 8 heteroatoms. The van der Waals surface area contributed by atoms with Crippen LogP contribution < -0.4 is 15.4 Å². The fraction of sp³-hybridized carbons (Fsp3) is 0.474. The van der Waals surface area contributed by atoms with Crippen molar-refractivity contribution in [3.8, 4) is 5.75 Å². The zero-order valence-electron chi connectivity index (χ0n) is 16.0. The number of Topliss-reactive ketones (excluding diaryl/α,β-unsaturated/α-hetero) is 1. The average Bonchev–Trinajstić information content (AvgIpc) is 2.62. The fourth-order valence-corrected chi connectivity index (χ4v) is 1.90. The first kappa shape index (κ1) is 22.1. The van der Waals surface area contributed by atoms with Gasteiger partial charge in [0.25, 0.3) is 5.91 Å². The van der Waals surface area contributed by atoms with Gasteiger partial charge in [0.15, 0.2) is 0 Å². The number of ketones is 1. The monoisotopic (exact) mass is 378 g/mol. The van der Waals surface area contributed by atoms with Gasteiger partial charge in [-0.25, -0.2) is 4.79 Å². The van der Waals surface area contributed by atoms with Crippen molar-refractivity contribution in [2.75, 3.05) is 13.1 Å². The molecule has 2 N–H and O–H groups in total. The topological polar surface area (TPSA) is 111 Å². The van der Waals surface area contributed by atoms with Gasteiger partial charge in [-0.1, -0.05) is 45.9 Å². The second-order valence-electron chi connectivity index (χ2n) is 6.87. The van der Waals surface area contributed by atoms with E-state index in [1.165, 1.54) is 0 Å². The third-order valence-corrected chi connectivity index (χ3v) is 3.46. The van der Waals surface area contributed by atoms with Gasteiger partial charge >= 0.3 is 12.1 Å². The minimum atomic E-state index is -0.786. The van der Waals surface area contributed by atoms with E-state index in [-0.39, 0.29) is 13.1 Å². The maximum atomic E-state index is 11.8. The largest absolute Gasteiger partial charge is 0.459 e. The number of amides is 2. The van der Waals surface area contributed by atoms with Crippen molar-refractivity contribution in [2.24, 2.45) is 5.41 Å². The standard InChI is InChI=1S/C19H26N2O6/c1-5-13(11-20-17(24)16(23)19(2,3)4)26-15(22)12-21-18(25)27-14-9-7-6-8-10-14/h6-10,13H,5,11-12H2,1-4H3,(H,20,24)(H,21,25). The first-order chi connectivity index (χ1) is 12.6. The van der Waals surface area contributed by atoms with Gasteiger partial charge in [-0.2, -0.15) is 0 Å². The summed E-state index contributed by atoms with van der Waals surface area (Å²) in [7, 11) is 0. The lowest BCUT2D eigenvalue weighted by molar-refractivity contribution is -0.149. The quantitative estimate of drug-likeness (QED) is 0.527. The first-order valence-electron chi connectivity index (χ1n) is 8.66. The van der Waals surface area contributed by atoms with Crippen LogP contribution in [0.2, 0.25) is 0 Å². The van der Waals surface area contributed by atoms with E-state index in [1.807, 2.05) is 0 Å². The van der Waals surface area contributed by atoms with E-state index >= 15 is 0 Å². The second-order valence-corrected chi connectivity index (χ2v) is 6.87. The highest BCUT2D eigenvalue weighted by Crippen LogP contribution is 2.14. The molecule has 0 spiro atoms. The molecular formula is C19H26N2O6. The van der Waals surface area contributed by atoms with Crippen molar-refractivity contribution in [2.45, 2.75) is 40.2 Å². The summed E-state index contributed by atoms with van der Waals surface area (Å²) >= 11 is 0. The van der Waals surface area contributed by atoms with Gasteiger partial charge in [0.2, 0.25) is 5.78 Å². The SMILES string of the molecule is CCC(CNC(=O)C(=O)C(C)(C)C)OC(=O)CNC(=O)Oc1ccccc1. The number of rotatable bonds is 8. The minimum absolute atomic E-state index is 0.0113. The van der Waals surface area contributed by atoms with Crippen molar-refractivity contribution in [1.29, 1.82) is 0 Å². The lowest BCUT2D eigenvalue weighted by Crippen LogP contribution is -2.43. The van der Waals surface area contributed by atoms with E-state index in [4.69, 9.17) is 9.47 Å². The molecule has 0 heterocycles. The van der Waals surface area contributed by atoms with Gasteiger partial charge in [0, 0.05) is 5.41 Å². The number of ether oxygens (including phenoxy) is 2. The van der Waals surface area contributed by atoms with Crippen molar-refractivity contribution >= 4 is 23.8 Å². The molecule has 0 aliphatic rings. The molecule has 0 aliphatic carbocycles. The predicted octanol–water partition coefficient (Wildman–Crippen LogP) is 1.83. The number of carbonyl (C=O) groups is 4. The molecule has 1 rings (SSSR count). The van der Waals surface area contributed by atoms with Gasteiger partial charge in [-0.3, -0.25) is 14.4 Å². The van der Waals surface area contributed by atoms with Crippen LogP contribution in [0.15, 0.2) is 30.3 Å². The third-order valence-electron chi connectivity index (χ3n) is 3.46. The molecule has 1 aromatic rings. The minimum Gasteiger partial charge on any atom is -0.459 e. The van der Waals surface area contributed by atoms with Crippen molar-refractivity contribution in [3.05, 3.63) is 30.3 Å². The molecule has 148 valence electrons. The number of para-hydroxylation sites is 1. The maximum absolute atomic E-state index is 11.8. The molecule has 2 amide bonds. The average molecular weight is 378 g/mol. The summed E-state index contributed by atoms with van der Waals surface area (Å²) in [5, 5.41) is 4.75. The van der Waals surface area contributed by atoms with Crippen molar-refractivity contribution in [1.82, 2.24) is 10.6 Å². The van der Waals surface area contributed by atoms with E-state index in [2.05, 4.69) is 10.6 Å². The molecule has 1 atom stereocenters. The van der Waals surface area contributed by atoms with Gasteiger partial charge < -0.3 is 20.1 Å².